The second kappa shape index (κ2) is 7.92. The van der Waals surface area contributed by atoms with Gasteiger partial charge in [-0.2, -0.15) is 5.26 Å². The Kier molecular flexibility index (Phi) is 5.42. The van der Waals surface area contributed by atoms with E-state index in [0.717, 1.165) is 25.9 Å². The molecule has 0 atom stereocenters. The van der Waals surface area contributed by atoms with Crippen LogP contribution in [0.4, 0.5) is 0 Å². The predicted molar refractivity (Wildman–Crippen MR) is 90.9 cm³/mol. The number of benzene rings is 2. The van der Waals surface area contributed by atoms with Crippen molar-refractivity contribution in [1.29, 1.82) is 5.26 Å². The smallest absolute Gasteiger partial charge is 0.108 e. The standard InChI is InChI=1S/C20H22N2O/c21-13-16-22-14-11-19(12-15-22)23-20(17-7-3-1-4-8-17)18-9-5-2-6-10-18/h1-10,19-20H,11-12,14-16H2. The molecule has 3 nitrogen and oxygen atoms in total. The minimum absolute atomic E-state index is 0.0232. The van der Waals surface area contributed by atoms with E-state index in [2.05, 4.69) is 59.5 Å². The highest BCUT2D eigenvalue weighted by atomic mass is 16.5. The number of ether oxygens (including phenoxy) is 1. The van der Waals surface area contributed by atoms with Crippen LogP contribution < -0.4 is 0 Å². The van der Waals surface area contributed by atoms with E-state index >= 15 is 0 Å². The summed E-state index contributed by atoms with van der Waals surface area (Å²) in [5, 5.41) is 8.80. The molecule has 2 aromatic rings. The Bertz CT molecular complexity index is 588. The molecule has 2 aromatic carbocycles. The van der Waals surface area contributed by atoms with E-state index in [9.17, 15) is 0 Å². The average Bonchev–Trinajstić information content (AvgIpc) is 2.63. The molecule has 1 saturated heterocycles. The molecule has 3 heteroatoms. The molecule has 0 saturated carbocycles. The zero-order valence-electron chi connectivity index (χ0n) is 13.3. The van der Waals surface area contributed by atoms with Gasteiger partial charge in [0.25, 0.3) is 0 Å². The third-order valence-corrected chi connectivity index (χ3v) is 4.36. The first-order valence-corrected chi connectivity index (χ1v) is 8.21. The van der Waals surface area contributed by atoms with Gasteiger partial charge in [-0.15, -0.1) is 0 Å². The van der Waals surface area contributed by atoms with Crippen molar-refractivity contribution in [3.63, 3.8) is 0 Å². The number of hydrogen-bond acceptors (Lipinski definition) is 3. The first-order valence-electron chi connectivity index (χ1n) is 8.21. The molecule has 0 spiro atoms. The van der Waals surface area contributed by atoms with Gasteiger partial charge in [0.1, 0.15) is 6.10 Å². The van der Waals surface area contributed by atoms with E-state index in [-0.39, 0.29) is 12.2 Å². The molecule has 1 aliphatic heterocycles. The number of rotatable bonds is 5. The second-order valence-electron chi connectivity index (χ2n) is 5.97. The summed E-state index contributed by atoms with van der Waals surface area (Å²) in [6.07, 6.45) is 2.19. The fourth-order valence-corrected chi connectivity index (χ4v) is 3.10. The molecular weight excluding hydrogens is 284 g/mol. The number of hydrogen-bond donors (Lipinski definition) is 0. The van der Waals surface area contributed by atoms with Crippen molar-refractivity contribution in [2.75, 3.05) is 19.6 Å². The molecule has 0 aromatic heterocycles. The van der Waals surface area contributed by atoms with Gasteiger partial charge in [0.05, 0.1) is 18.7 Å². The lowest BCUT2D eigenvalue weighted by Crippen LogP contribution is -2.37. The van der Waals surface area contributed by atoms with Gasteiger partial charge in [0, 0.05) is 13.1 Å². The quantitative estimate of drug-likeness (QED) is 0.789. The summed E-state index contributed by atoms with van der Waals surface area (Å²) in [6.45, 7) is 2.40. The molecule has 1 fully saturated rings. The maximum absolute atomic E-state index is 8.80. The first-order chi connectivity index (χ1) is 11.4. The third kappa shape index (κ3) is 4.19. The normalized spacial score (nSPS) is 16.3. The van der Waals surface area contributed by atoms with E-state index < -0.39 is 0 Å². The zero-order valence-corrected chi connectivity index (χ0v) is 13.3. The van der Waals surface area contributed by atoms with E-state index in [1.54, 1.807) is 0 Å². The third-order valence-electron chi connectivity index (χ3n) is 4.36. The van der Waals surface area contributed by atoms with Crippen LogP contribution in [0.3, 0.4) is 0 Å². The topological polar surface area (TPSA) is 36.3 Å². The molecule has 0 unspecified atom stereocenters. The molecule has 0 aliphatic carbocycles. The van der Waals surface area contributed by atoms with Crippen LogP contribution >= 0.6 is 0 Å². The summed E-state index contributed by atoms with van der Waals surface area (Å²) < 4.78 is 6.48. The van der Waals surface area contributed by atoms with Crippen LogP contribution in [0.1, 0.15) is 30.1 Å². The highest BCUT2D eigenvalue weighted by Crippen LogP contribution is 2.29. The van der Waals surface area contributed by atoms with E-state index in [0.29, 0.717) is 6.54 Å². The monoisotopic (exact) mass is 306 g/mol. The van der Waals surface area contributed by atoms with Gasteiger partial charge in [-0.25, -0.2) is 0 Å². The Hall–Kier alpha value is -2.15. The molecule has 0 radical (unpaired) electrons. The zero-order chi connectivity index (χ0) is 15.9. The molecule has 1 heterocycles. The van der Waals surface area contributed by atoms with E-state index in [4.69, 9.17) is 10.00 Å². The maximum atomic E-state index is 8.80. The number of likely N-dealkylation sites (tertiary alicyclic amines) is 1. The van der Waals surface area contributed by atoms with E-state index in [1.807, 2.05) is 12.1 Å². The van der Waals surface area contributed by atoms with Crippen molar-refractivity contribution in [2.24, 2.45) is 0 Å². The maximum Gasteiger partial charge on any atom is 0.108 e. The minimum Gasteiger partial charge on any atom is -0.365 e. The fraction of sp³-hybridized carbons (Fsp3) is 0.350. The van der Waals surface area contributed by atoms with Crippen LogP contribution in [0, 0.1) is 11.3 Å². The number of nitriles is 1. The van der Waals surface area contributed by atoms with Gasteiger partial charge >= 0.3 is 0 Å². The highest BCUT2D eigenvalue weighted by Gasteiger charge is 2.24. The van der Waals surface area contributed by atoms with Crippen LogP contribution in [-0.4, -0.2) is 30.6 Å². The van der Waals surface area contributed by atoms with Crippen molar-refractivity contribution in [3.05, 3.63) is 71.8 Å². The first kappa shape index (κ1) is 15.7. The summed E-state index contributed by atoms with van der Waals surface area (Å²) >= 11 is 0. The Morgan fingerprint density at radius 3 is 1.96 bits per heavy atom. The van der Waals surface area contributed by atoms with Crippen molar-refractivity contribution in [2.45, 2.75) is 25.0 Å². The van der Waals surface area contributed by atoms with Crippen molar-refractivity contribution in [1.82, 2.24) is 4.90 Å². The van der Waals surface area contributed by atoms with Crippen LogP contribution in [0.2, 0.25) is 0 Å². The predicted octanol–water partition coefficient (Wildman–Crippen LogP) is 3.78. The van der Waals surface area contributed by atoms with E-state index in [1.165, 1.54) is 11.1 Å². The lowest BCUT2D eigenvalue weighted by Gasteiger charge is -2.33. The fourth-order valence-electron chi connectivity index (χ4n) is 3.10. The SMILES string of the molecule is N#CCN1CCC(OC(c2ccccc2)c2ccccc2)CC1. The van der Waals surface area contributed by atoms with Crippen LogP contribution in [0.5, 0.6) is 0 Å². The Labute approximate surface area is 138 Å². The van der Waals surface area contributed by atoms with Crippen LogP contribution in [-0.2, 0) is 4.74 Å². The molecule has 23 heavy (non-hydrogen) atoms. The van der Waals surface area contributed by atoms with Gasteiger partial charge in [-0.3, -0.25) is 4.90 Å². The molecule has 3 rings (SSSR count). The van der Waals surface area contributed by atoms with Crippen molar-refractivity contribution in [3.8, 4) is 6.07 Å². The van der Waals surface area contributed by atoms with Gasteiger partial charge < -0.3 is 4.74 Å². The van der Waals surface area contributed by atoms with Gasteiger partial charge in [-0.05, 0) is 24.0 Å². The summed E-state index contributed by atoms with van der Waals surface area (Å²) in [5.74, 6) is 0. The Balaban J connectivity index is 1.72. The van der Waals surface area contributed by atoms with Gasteiger partial charge in [0.15, 0.2) is 0 Å². The average molecular weight is 306 g/mol. The summed E-state index contributed by atoms with van der Waals surface area (Å²) in [6, 6.07) is 23.0. The number of piperidine rings is 1. The van der Waals surface area contributed by atoms with Crippen LogP contribution in [0.15, 0.2) is 60.7 Å². The Morgan fingerprint density at radius 1 is 0.957 bits per heavy atom. The molecule has 0 bridgehead atoms. The summed E-state index contributed by atoms with van der Waals surface area (Å²) in [7, 11) is 0. The molecule has 0 amide bonds. The number of nitrogens with zero attached hydrogens (tertiary/aromatic N) is 2. The van der Waals surface area contributed by atoms with Crippen molar-refractivity contribution >= 4 is 0 Å². The van der Waals surface area contributed by atoms with Gasteiger partial charge in [0.2, 0.25) is 0 Å². The highest BCUT2D eigenvalue weighted by molar-refractivity contribution is 5.30. The summed E-state index contributed by atoms with van der Waals surface area (Å²) in [5.41, 5.74) is 2.39. The minimum atomic E-state index is -0.0232. The van der Waals surface area contributed by atoms with Crippen molar-refractivity contribution < 1.29 is 4.74 Å². The molecule has 118 valence electrons. The molecular formula is C20H22N2O. The van der Waals surface area contributed by atoms with Crippen LogP contribution in [0.25, 0.3) is 0 Å². The largest absolute Gasteiger partial charge is 0.365 e. The Morgan fingerprint density at radius 2 is 1.48 bits per heavy atom. The molecule has 0 N–H and O–H groups in total. The molecule has 1 aliphatic rings. The lowest BCUT2D eigenvalue weighted by atomic mass is 10.00. The summed E-state index contributed by atoms with van der Waals surface area (Å²) in [4.78, 5) is 2.19. The lowest BCUT2D eigenvalue weighted by molar-refractivity contribution is -0.0251. The second-order valence-corrected chi connectivity index (χ2v) is 5.97. The van der Waals surface area contributed by atoms with Gasteiger partial charge in [-0.1, -0.05) is 60.7 Å².